The van der Waals surface area contributed by atoms with Crippen molar-refractivity contribution >= 4 is 5.97 Å². The Morgan fingerprint density at radius 1 is 0.700 bits per heavy atom. The Morgan fingerprint density at radius 3 is 1.27 bits per heavy atom. The Kier molecular flexibility index (Phi) is 29.3. The molecule has 180 valence electrons. The molecule has 0 radical (unpaired) electrons. The number of carboxylic acid groups (broad SMARTS) is 1. The van der Waals surface area contributed by atoms with E-state index in [9.17, 15) is 4.79 Å². The normalized spacial score (nSPS) is 11.0. The van der Waals surface area contributed by atoms with Crippen molar-refractivity contribution in [2.24, 2.45) is 11.3 Å². The summed E-state index contributed by atoms with van der Waals surface area (Å²) in [5.41, 5.74) is -0.667. The molecule has 0 fully saturated rings. The van der Waals surface area contributed by atoms with E-state index in [4.69, 9.17) is 20.4 Å². The van der Waals surface area contributed by atoms with Crippen molar-refractivity contribution in [2.45, 2.75) is 117 Å². The van der Waals surface area contributed by atoms with Crippen LogP contribution in [0.25, 0.3) is 0 Å². The fourth-order valence-corrected chi connectivity index (χ4v) is 3.08. The number of carbonyl (C=O) groups is 1. The number of hydrogen-bond donors (Lipinski definition) is 4. The maximum atomic E-state index is 10.3. The van der Waals surface area contributed by atoms with Crippen molar-refractivity contribution in [3.63, 3.8) is 0 Å². The van der Waals surface area contributed by atoms with Crippen LogP contribution in [0.3, 0.4) is 0 Å². The predicted octanol–water partition coefficient (Wildman–Crippen LogP) is 5.55. The molecule has 4 N–H and O–H groups in total. The van der Waals surface area contributed by atoms with Crippen molar-refractivity contribution in [2.75, 3.05) is 19.8 Å². The van der Waals surface area contributed by atoms with Crippen molar-refractivity contribution in [1.82, 2.24) is 0 Å². The molecule has 0 bridgehead atoms. The van der Waals surface area contributed by atoms with Gasteiger partial charge in [0.25, 0.3) is 0 Å². The van der Waals surface area contributed by atoms with Crippen LogP contribution in [-0.2, 0) is 26.5 Å². The zero-order chi connectivity index (χ0) is 22.4. The summed E-state index contributed by atoms with van der Waals surface area (Å²) in [6.45, 7) is 5.97. The summed E-state index contributed by atoms with van der Waals surface area (Å²) in [7, 11) is 0. The number of carboxylic acids is 1. The molecule has 0 aromatic carbocycles. The first-order valence-electron chi connectivity index (χ1n) is 11.9. The third-order valence-corrected chi connectivity index (χ3v) is 5.68. The molecule has 0 heterocycles. The molecular formula is C24H50O5Ti. The summed E-state index contributed by atoms with van der Waals surface area (Å²) in [4.78, 5) is 10.3. The zero-order valence-corrected chi connectivity index (χ0v) is 21.6. The molecule has 5 nitrogen and oxygen atoms in total. The Labute approximate surface area is 200 Å². The van der Waals surface area contributed by atoms with Crippen molar-refractivity contribution in [3.8, 4) is 0 Å². The van der Waals surface area contributed by atoms with Gasteiger partial charge in [-0.05, 0) is 18.8 Å². The Hall–Kier alpha value is 0.0643. The van der Waals surface area contributed by atoms with Gasteiger partial charge in [-0.2, -0.15) is 0 Å². The largest absolute Gasteiger partial charge is 0.481 e. The van der Waals surface area contributed by atoms with Crippen molar-refractivity contribution < 1.29 is 46.9 Å². The minimum atomic E-state index is -0.667. The van der Waals surface area contributed by atoms with Crippen molar-refractivity contribution in [3.05, 3.63) is 0 Å². The maximum Gasteiger partial charge on any atom is 0.303 e. The molecule has 0 aliphatic heterocycles. The van der Waals surface area contributed by atoms with E-state index in [1.165, 1.54) is 70.6 Å². The summed E-state index contributed by atoms with van der Waals surface area (Å²) in [6, 6.07) is 0. The molecule has 30 heavy (non-hydrogen) atoms. The van der Waals surface area contributed by atoms with Crippen LogP contribution >= 0.6 is 0 Å². The molecule has 0 aliphatic rings. The molecule has 0 amide bonds. The average molecular weight is 467 g/mol. The summed E-state index contributed by atoms with van der Waals surface area (Å²) in [5.74, 6) is 0.212. The quantitative estimate of drug-likeness (QED) is 0.148. The second-order valence-electron chi connectivity index (χ2n) is 8.90. The summed E-state index contributed by atoms with van der Waals surface area (Å²) >= 11 is 0. The second kappa shape index (κ2) is 25.3. The number of rotatable bonds is 19. The first-order chi connectivity index (χ1) is 13.9. The fourth-order valence-electron chi connectivity index (χ4n) is 3.08. The molecule has 0 aliphatic carbocycles. The molecule has 0 spiro atoms. The molecule has 0 aromatic heterocycles. The van der Waals surface area contributed by atoms with E-state index in [0.717, 1.165) is 18.8 Å². The van der Waals surface area contributed by atoms with E-state index in [-0.39, 0.29) is 41.5 Å². The topological polar surface area (TPSA) is 98.0 Å². The predicted molar refractivity (Wildman–Crippen MR) is 121 cm³/mol. The molecule has 0 saturated heterocycles. The van der Waals surface area contributed by atoms with E-state index in [0.29, 0.717) is 12.8 Å². The first-order valence-corrected chi connectivity index (χ1v) is 11.9. The van der Waals surface area contributed by atoms with Gasteiger partial charge >= 0.3 is 5.97 Å². The molecular weight excluding hydrogens is 416 g/mol. The third-order valence-electron chi connectivity index (χ3n) is 5.68. The van der Waals surface area contributed by atoms with Crippen LogP contribution in [0.2, 0.25) is 0 Å². The van der Waals surface area contributed by atoms with Gasteiger partial charge in [-0.15, -0.1) is 0 Å². The van der Waals surface area contributed by atoms with Gasteiger partial charge in [0.15, 0.2) is 0 Å². The van der Waals surface area contributed by atoms with Crippen LogP contribution in [0.4, 0.5) is 0 Å². The molecule has 0 saturated carbocycles. The number of aliphatic hydroxyl groups is 3. The van der Waals surface area contributed by atoms with E-state index in [1.807, 2.05) is 6.92 Å². The van der Waals surface area contributed by atoms with Crippen LogP contribution in [0.1, 0.15) is 117 Å². The zero-order valence-electron chi connectivity index (χ0n) is 20.0. The van der Waals surface area contributed by atoms with Gasteiger partial charge in [-0.25, -0.2) is 0 Å². The summed E-state index contributed by atoms with van der Waals surface area (Å²) in [6.07, 6.45) is 17.9. The fraction of sp³-hybridized carbons (Fsp3) is 0.958. The van der Waals surface area contributed by atoms with Gasteiger partial charge in [-0.3, -0.25) is 4.79 Å². The van der Waals surface area contributed by atoms with Crippen LogP contribution in [0.5, 0.6) is 0 Å². The van der Waals surface area contributed by atoms with E-state index in [2.05, 4.69) is 13.8 Å². The molecule has 0 atom stereocenters. The Morgan fingerprint density at radius 2 is 1.03 bits per heavy atom. The maximum absolute atomic E-state index is 10.3. The number of hydrogen-bond acceptors (Lipinski definition) is 4. The van der Waals surface area contributed by atoms with Gasteiger partial charge in [-0.1, -0.05) is 97.8 Å². The minimum Gasteiger partial charge on any atom is -0.481 e. The van der Waals surface area contributed by atoms with Gasteiger partial charge in [0.05, 0.1) is 19.8 Å². The molecule has 0 aromatic rings. The van der Waals surface area contributed by atoms with Crippen LogP contribution in [0, 0.1) is 11.3 Å². The summed E-state index contributed by atoms with van der Waals surface area (Å²) < 4.78 is 0. The Balaban J connectivity index is -0.000000616. The molecule has 6 heteroatoms. The van der Waals surface area contributed by atoms with Gasteiger partial charge in [0.1, 0.15) is 0 Å². The number of aliphatic carboxylic acids is 1. The third kappa shape index (κ3) is 24.3. The van der Waals surface area contributed by atoms with Crippen LogP contribution in [0.15, 0.2) is 0 Å². The second-order valence-corrected chi connectivity index (χ2v) is 8.90. The SMILES string of the molecule is CC(C)CCCCCCCCCCCCCCC(=O)O.CCC(CO)(CO)CO.[Ti]. The van der Waals surface area contributed by atoms with Gasteiger partial charge in [0.2, 0.25) is 0 Å². The van der Waals surface area contributed by atoms with Gasteiger partial charge < -0.3 is 20.4 Å². The Bertz CT molecular complexity index is 329. The monoisotopic (exact) mass is 466 g/mol. The van der Waals surface area contributed by atoms with Crippen molar-refractivity contribution in [1.29, 1.82) is 0 Å². The van der Waals surface area contributed by atoms with E-state index in [1.54, 1.807) is 0 Å². The first kappa shape index (κ1) is 34.7. The van der Waals surface area contributed by atoms with Gasteiger partial charge in [0, 0.05) is 33.6 Å². The van der Waals surface area contributed by atoms with Crippen LogP contribution in [-0.4, -0.2) is 46.2 Å². The minimum absolute atomic E-state index is 0. The van der Waals surface area contributed by atoms with E-state index >= 15 is 0 Å². The smallest absolute Gasteiger partial charge is 0.303 e. The van der Waals surface area contributed by atoms with E-state index < -0.39 is 11.4 Å². The number of unbranched alkanes of at least 4 members (excludes halogenated alkanes) is 11. The van der Waals surface area contributed by atoms with Crippen LogP contribution < -0.4 is 0 Å². The number of aliphatic hydroxyl groups excluding tert-OH is 3. The summed E-state index contributed by atoms with van der Waals surface area (Å²) in [5, 5.41) is 34.5. The average Bonchev–Trinajstić information content (AvgIpc) is 2.70. The molecule has 0 rings (SSSR count). The standard InChI is InChI=1S/C18H36O2.C6H14O3.Ti/c1-17(2)15-13-11-9-7-5-3-4-6-8-10-12-14-16-18(19)20;1-2-6(3-7,4-8)5-9;/h17H,3-16H2,1-2H3,(H,19,20);7-9H,2-5H2,1H3;. The molecule has 0 unspecified atom stereocenters.